The Morgan fingerprint density at radius 3 is 2.63 bits per heavy atom. The molecule has 0 atom stereocenters. The van der Waals surface area contributed by atoms with Gasteiger partial charge in [-0.1, -0.05) is 18.2 Å². The molecule has 30 heavy (non-hydrogen) atoms. The number of amides is 1. The molecule has 0 saturated carbocycles. The first-order valence-corrected chi connectivity index (χ1v) is 9.20. The van der Waals surface area contributed by atoms with E-state index in [1.165, 1.54) is 24.3 Å². The van der Waals surface area contributed by atoms with Crippen molar-refractivity contribution in [1.82, 2.24) is 9.99 Å². The van der Waals surface area contributed by atoms with Gasteiger partial charge in [-0.3, -0.25) is 14.9 Å². The van der Waals surface area contributed by atoms with Crippen LogP contribution in [0.4, 0.5) is 5.69 Å². The minimum atomic E-state index is -0.540. The predicted molar refractivity (Wildman–Crippen MR) is 113 cm³/mol. The number of nitro benzene ring substituents is 1. The zero-order chi connectivity index (χ0) is 21.3. The lowest BCUT2D eigenvalue weighted by atomic mass is 10.2. The van der Waals surface area contributed by atoms with Crippen LogP contribution >= 0.6 is 0 Å². The Labute approximate surface area is 171 Å². The van der Waals surface area contributed by atoms with Crippen LogP contribution in [0.15, 0.2) is 70.2 Å². The van der Waals surface area contributed by atoms with Crippen LogP contribution in [0.3, 0.4) is 0 Å². The molecule has 0 aliphatic heterocycles. The fraction of sp³-hybridized carbons (Fsp3) is 0.0909. The molecule has 1 N–H and O–H groups in total. The molecule has 0 spiro atoms. The molecule has 0 aliphatic carbocycles. The maximum Gasteiger partial charge on any atom is 0.307 e. The van der Waals surface area contributed by atoms with E-state index in [1.807, 2.05) is 50.2 Å². The number of non-ortho nitro benzene ring substituents is 1. The molecular formula is C22H18N4O4. The highest BCUT2D eigenvalue weighted by Gasteiger charge is 2.15. The van der Waals surface area contributed by atoms with E-state index < -0.39 is 10.8 Å². The van der Waals surface area contributed by atoms with Gasteiger partial charge >= 0.3 is 5.91 Å². The Balaban J connectivity index is 1.52. The third-order valence-electron chi connectivity index (χ3n) is 4.79. The average molecular weight is 402 g/mol. The molecule has 8 heteroatoms. The molecule has 150 valence electrons. The van der Waals surface area contributed by atoms with Gasteiger partial charge in [-0.05, 0) is 44.2 Å². The zero-order valence-corrected chi connectivity index (χ0v) is 16.3. The molecule has 0 unspecified atom stereocenters. The third-order valence-corrected chi connectivity index (χ3v) is 4.79. The molecule has 4 aromatic rings. The van der Waals surface area contributed by atoms with Crippen LogP contribution in [0.5, 0.6) is 0 Å². The van der Waals surface area contributed by atoms with Gasteiger partial charge in [0.05, 0.1) is 11.1 Å². The number of para-hydroxylation sites is 1. The van der Waals surface area contributed by atoms with Gasteiger partial charge in [0, 0.05) is 40.2 Å². The number of hydrogen-bond donors (Lipinski definition) is 1. The summed E-state index contributed by atoms with van der Waals surface area (Å²) in [5, 5.41) is 15.4. The number of nitrogens with one attached hydrogen (secondary N) is 1. The number of nitro groups is 1. The van der Waals surface area contributed by atoms with Crippen molar-refractivity contribution in [2.24, 2.45) is 5.10 Å². The second kappa shape index (κ2) is 7.67. The summed E-state index contributed by atoms with van der Waals surface area (Å²) in [6, 6.07) is 17.5. The Morgan fingerprint density at radius 1 is 1.13 bits per heavy atom. The number of furan rings is 1. The number of hydrazone groups is 1. The Kier molecular flexibility index (Phi) is 4.89. The highest BCUT2D eigenvalue weighted by Crippen LogP contribution is 2.24. The minimum absolute atomic E-state index is 0.0254. The van der Waals surface area contributed by atoms with E-state index in [2.05, 4.69) is 15.1 Å². The van der Waals surface area contributed by atoms with Crippen LogP contribution < -0.4 is 5.43 Å². The lowest BCUT2D eigenvalue weighted by Gasteiger charge is -2.08. The lowest BCUT2D eigenvalue weighted by Crippen LogP contribution is -2.16. The molecule has 0 aliphatic rings. The first-order valence-electron chi connectivity index (χ1n) is 9.20. The summed E-state index contributed by atoms with van der Waals surface area (Å²) in [6.45, 7) is 3.98. The topological polar surface area (TPSA) is 103 Å². The summed E-state index contributed by atoms with van der Waals surface area (Å²) in [6.07, 6.45) is 1.58. The Morgan fingerprint density at radius 2 is 1.90 bits per heavy atom. The van der Waals surface area contributed by atoms with E-state index in [-0.39, 0.29) is 11.4 Å². The molecular weight excluding hydrogens is 384 g/mol. The number of carbonyl (C=O) groups is 1. The molecule has 0 saturated heterocycles. The molecule has 2 heterocycles. The van der Waals surface area contributed by atoms with Crippen molar-refractivity contribution in [1.29, 1.82) is 0 Å². The summed E-state index contributed by atoms with van der Waals surface area (Å²) in [7, 11) is 0. The maximum atomic E-state index is 12.3. The van der Waals surface area contributed by atoms with Gasteiger partial charge in [0.25, 0.3) is 5.69 Å². The average Bonchev–Trinajstić information content (AvgIpc) is 3.28. The first-order chi connectivity index (χ1) is 14.4. The number of aryl methyl sites for hydroxylation is 1. The second-order valence-electron chi connectivity index (χ2n) is 6.79. The van der Waals surface area contributed by atoms with Crippen LogP contribution in [0.2, 0.25) is 0 Å². The smallest absolute Gasteiger partial charge is 0.307 e. The van der Waals surface area contributed by atoms with E-state index in [1.54, 1.807) is 6.21 Å². The number of rotatable bonds is 5. The van der Waals surface area contributed by atoms with Crippen molar-refractivity contribution in [2.45, 2.75) is 13.8 Å². The lowest BCUT2D eigenvalue weighted by molar-refractivity contribution is -0.384. The van der Waals surface area contributed by atoms with E-state index in [0.29, 0.717) is 11.0 Å². The van der Waals surface area contributed by atoms with Crippen LogP contribution in [-0.4, -0.2) is 21.6 Å². The summed E-state index contributed by atoms with van der Waals surface area (Å²) >= 11 is 0. The van der Waals surface area contributed by atoms with E-state index >= 15 is 0 Å². The van der Waals surface area contributed by atoms with Gasteiger partial charge in [-0.2, -0.15) is 5.10 Å². The van der Waals surface area contributed by atoms with Gasteiger partial charge in [0.1, 0.15) is 5.58 Å². The summed E-state index contributed by atoms with van der Waals surface area (Å²) in [5.41, 5.74) is 6.72. The first kappa shape index (κ1) is 19.1. The van der Waals surface area contributed by atoms with Gasteiger partial charge < -0.3 is 8.98 Å². The molecule has 1 amide bonds. The number of carbonyl (C=O) groups excluding carboxylic acids is 1. The molecule has 2 aromatic carbocycles. The van der Waals surface area contributed by atoms with Crippen LogP contribution in [0, 0.1) is 24.0 Å². The summed E-state index contributed by atoms with van der Waals surface area (Å²) in [4.78, 5) is 22.7. The Hall–Kier alpha value is -4.20. The van der Waals surface area contributed by atoms with Crippen molar-refractivity contribution in [3.63, 3.8) is 0 Å². The van der Waals surface area contributed by atoms with Gasteiger partial charge in [0.2, 0.25) is 0 Å². The zero-order valence-electron chi connectivity index (χ0n) is 16.3. The monoisotopic (exact) mass is 402 g/mol. The van der Waals surface area contributed by atoms with Crippen LogP contribution in [0.1, 0.15) is 27.5 Å². The molecule has 2 aromatic heterocycles. The number of benzene rings is 2. The molecule has 0 bridgehead atoms. The van der Waals surface area contributed by atoms with E-state index in [4.69, 9.17) is 4.42 Å². The predicted octanol–water partition coefficient (Wildman–Crippen LogP) is 4.51. The number of aromatic nitrogens is 1. The quantitative estimate of drug-likeness (QED) is 0.301. The normalized spacial score (nSPS) is 11.3. The second-order valence-corrected chi connectivity index (χ2v) is 6.79. The van der Waals surface area contributed by atoms with Crippen LogP contribution in [0.25, 0.3) is 16.7 Å². The van der Waals surface area contributed by atoms with Crippen molar-refractivity contribution in [3.8, 4) is 5.69 Å². The third kappa shape index (κ3) is 3.58. The number of hydrogen-bond acceptors (Lipinski definition) is 5. The largest absolute Gasteiger partial charge is 0.451 e. The highest BCUT2D eigenvalue weighted by molar-refractivity contribution is 5.97. The van der Waals surface area contributed by atoms with Gasteiger partial charge in [-0.25, -0.2) is 5.43 Å². The van der Waals surface area contributed by atoms with Crippen LogP contribution in [-0.2, 0) is 0 Å². The van der Waals surface area contributed by atoms with Crippen molar-refractivity contribution < 1.29 is 14.1 Å². The molecule has 4 rings (SSSR count). The standard InChI is InChI=1S/C22H18N4O4/c1-14-10-17(15(2)25(14)18-6-4-3-5-7-18)13-23-24-22(27)21-12-16-11-19(26(28)29)8-9-20(16)30-21/h3-13H,1-2H3,(H,24,27)/b23-13+. The van der Waals surface area contributed by atoms with E-state index in [9.17, 15) is 14.9 Å². The number of fused-ring (bicyclic) bond motifs is 1. The van der Waals surface area contributed by atoms with E-state index in [0.717, 1.165) is 22.6 Å². The highest BCUT2D eigenvalue weighted by atomic mass is 16.6. The van der Waals surface area contributed by atoms with Gasteiger partial charge in [-0.15, -0.1) is 0 Å². The SMILES string of the molecule is Cc1cc(/C=N/NC(=O)c2cc3cc([N+](=O)[O-])ccc3o2)c(C)n1-c1ccccc1. The molecule has 0 fully saturated rings. The fourth-order valence-electron chi connectivity index (χ4n) is 3.36. The van der Waals surface area contributed by atoms with Crippen molar-refractivity contribution in [2.75, 3.05) is 0 Å². The molecule has 0 radical (unpaired) electrons. The Bertz CT molecular complexity index is 1290. The van der Waals surface area contributed by atoms with Gasteiger partial charge in [0.15, 0.2) is 5.76 Å². The maximum absolute atomic E-state index is 12.3. The number of nitrogens with zero attached hydrogens (tertiary/aromatic N) is 3. The summed E-state index contributed by atoms with van der Waals surface area (Å²) in [5.74, 6) is -0.514. The minimum Gasteiger partial charge on any atom is -0.451 e. The summed E-state index contributed by atoms with van der Waals surface area (Å²) < 4.78 is 7.57. The van der Waals surface area contributed by atoms with Crippen molar-refractivity contribution in [3.05, 3.63) is 93.5 Å². The fourth-order valence-corrected chi connectivity index (χ4v) is 3.36. The van der Waals surface area contributed by atoms with Crippen molar-refractivity contribution >= 4 is 28.8 Å². The molecule has 8 nitrogen and oxygen atoms in total.